The van der Waals surface area contributed by atoms with Gasteiger partial charge in [0.05, 0.1) is 13.2 Å². The van der Waals surface area contributed by atoms with Gasteiger partial charge in [-0.25, -0.2) is 4.79 Å². The lowest BCUT2D eigenvalue weighted by Gasteiger charge is -2.33. The van der Waals surface area contributed by atoms with Gasteiger partial charge in [-0.1, -0.05) is 42.5 Å². The summed E-state index contributed by atoms with van der Waals surface area (Å²) in [7, 11) is 0. The molecule has 0 bridgehead atoms. The quantitative estimate of drug-likeness (QED) is 0.940. The molecular formula is C19H19NO4. The molecule has 5 heteroatoms. The second-order valence-corrected chi connectivity index (χ2v) is 6.52. The van der Waals surface area contributed by atoms with Crippen molar-refractivity contribution in [3.63, 3.8) is 0 Å². The first-order valence-corrected chi connectivity index (χ1v) is 8.25. The number of carboxylic acids is 1. The minimum Gasteiger partial charge on any atom is -0.480 e. The molecule has 3 atom stereocenters. The summed E-state index contributed by atoms with van der Waals surface area (Å²) in [5.41, 5.74) is 1.16. The van der Waals surface area contributed by atoms with Crippen molar-refractivity contribution in [2.45, 2.75) is 18.4 Å². The van der Waals surface area contributed by atoms with Crippen molar-refractivity contribution in [2.75, 3.05) is 19.8 Å². The molecule has 2 aliphatic rings. The monoisotopic (exact) mass is 325 g/mol. The minimum atomic E-state index is -0.994. The number of carboxylic acid groups (broad SMARTS) is 1. The Morgan fingerprint density at radius 3 is 2.71 bits per heavy atom. The highest BCUT2D eigenvalue weighted by molar-refractivity contribution is 5.89. The number of rotatable bonds is 3. The van der Waals surface area contributed by atoms with Crippen LogP contribution in [-0.4, -0.2) is 47.7 Å². The Balaban J connectivity index is 1.52. The first-order valence-electron chi connectivity index (χ1n) is 8.25. The Bertz CT molecular complexity index is 803. The standard InChI is InChI=1S/C19H19NO4/c21-18(20-7-8-24-11-17(20)19(22)23)16-10-15(16)14-6-5-12-3-1-2-4-13(12)9-14/h1-6,9,15-17H,7-8,10-11H2,(H,22,23). The number of hydrogen-bond donors (Lipinski definition) is 1. The molecule has 3 unspecified atom stereocenters. The van der Waals surface area contributed by atoms with Gasteiger partial charge in [-0.15, -0.1) is 0 Å². The minimum absolute atomic E-state index is 0.0520. The summed E-state index contributed by atoms with van der Waals surface area (Å²) in [6, 6.07) is 13.6. The molecule has 2 fully saturated rings. The van der Waals surface area contributed by atoms with E-state index in [2.05, 4.69) is 30.3 Å². The van der Waals surface area contributed by atoms with Crippen molar-refractivity contribution in [3.05, 3.63) is 48.0 Å². The number of aliphatic carboxylic acids is 1. The predicted molar refractivity (Wildman–Crippen MR) is 88.8 cm³/mol. The van der Waals surface area contributed by atoms with E-state index in [4.69, 9.17) is 4.74 Å². The Kier molecular flexibility index (Phi) is 3.73. The van der Waals surface area contributed by atoms with Crippen LogP contribution in [0.15, 0.2) is 42.5 Å². The van der Waals surface area contributed by atoms with Crippen molar-refractivity contribution in [2.24, 2.45) is 5.92 Å². The molecule has 5 nitrogen and oxygen atoms in total. The van der Waals surface area contributed by atoms with Crippen molar-refractivity contribution in [3.8, 4) is 0 Å². The van der Waals surface area contributed by atoms with Crippen LogP contribution in [0.2, 0.25) is 0 Å². The zero-order valence-corrected chi connectivity index (χ0v) is 13.2. The first-order chi connectivity index (χ1) is 11.6. The lowest BCUT2D eigenvalue weighted by Crippen LogP contribution is -2.53. The molecule has 1 saturated heterocycles. The number of nitrogens with zero attached hydrogens (tertiary/aromatic N) is 1. The summed E-state index contributed by atoms with van der Waals surface area (Å²) in [5.74, 6) is -0.958. The molecule has 1 heterocycles. The van der Waals surface area contributed by atoms with Crippen LogP contribution < -0.4 is 0 Å². The fraction of sp³-hybridized carbons (Fsp3) is 0.368. The van der Waals surface area contributed by atoms with E-state index in [0.717, 1.165) is 12.0 Å². The van der Waals surface area contributed by atoms with Crippen LogP contribution in [0.3, 0.4) is 0 Å². The highest BCUT2D eigenvalue weighted by atomic mass is 16.5. The van der Waals surface area contributed by atoms with E-state index in [1.54, 1.807) is 0 Å². The Morgan fingerprint density at radius 2 is 1.92 bits per heavy atom. The molecule has 1 saturated carbocycles. The molecule has 1 amide bonds. The van der Waals surface area contributed by atoms with Gasteiger partial charge in [-0.3, -0.25) is 4.79 Å². The van der Waals surface area contributed by atoms with E-state index in [1.807, 2.05) is 12.1 Å². The van der Waals surface area contributed by atoms with Crippen molar-refractivity contribution < 1.29 is 19.4 Å². The normalized spacial score (nSPS) is 26.3. The number of benzene rings is 2. The van der Waals surface area contributed by atoms with Gasteiger partial charge >= 0.3 is 5.97 Å². The third-order valence-electron chi connectivity index (χ3n) is 5.01. The van der Waals surface area contributed by atoms with Gasteiger partial charge in [0.25, 0.3) is 0 Å². The maximum absolute atomic E-state index is 12.7. The van der Waals surface area contributed by atoms with Gasteiger partial charge in [-0.2, -0.15) is 0 Å². The number of ether oxygens (including phenoxy) is 1. The largest absolute Gasteiger partial charge is 0.480 e. The van der Waals surface area contributed by atoms with Gasteiger partial charge in [-0.05, 0) is 28.7 Å². The summed E-state index contributed by atoms with van der Waals surface area (Å²) >= 11 is 0. The number of hydrogen-bond acceptors (Lipinski definition) is 3. The van der Waals surface area contributed by atoms with E-state index >= 15 is 0 Å². The lowest BCUT2D eigenvalue weighted by molar-refractivity contribution is -0.158. The fourth-order valence-electron chi connectivity index (χ4n) is 3.56. The van der Waals surface area contributed by atoms with Crippen LogP contribution in [0.25, 0.3) is 10.8 Å². The second-order valence-electron chi connectivity index (χ2n) is 6.52. The van der Waals surface area contributed by atoms with E-state index in [1.165, 1.54) is 15.7 Å². The molecule has 1 aliphatic heterocycles. The molecule has 0 aromatic heterocycles. The highest BCUT2D eigenvalue weighted by Gasteiger charge is 2.48. The number of carbonyl (C=O) groups excluding carboxylic acids is 1. The number of carbonyl (C=O) groups is 2. The molecule has 24 heavy (non-hydrogen) atoms. The zero-order valence-electron chi connectivity index (χ0n) is 13.2. The van der Waals surface area contributed by atoms with Crippen molar-refractivity contribution >= 4 is 22.6 Å². The summed E-state index contributed by atoms with van der Waals surface area (Å²) in [4.78, 5) is 25.5. The fourth-order valence-corrected chi connectivity index (χ4v) is 3.56. The number of fused-ring (bicyclic) bond motifs is 1. The van der Waals surface area contributed by atoms with Crippen LogP contribution >= 0.6 is 0 Å². The summed E-state index contributed by atoms with van der Waals surface area (Å²) < 4.78 is 5.21. The number of morpholine rings is 1. The van der Waals surface area contributed by atoms with Crippen molar-refractivity contribution in [1.82, 2.24) is 4.90 Å². The molecule has 0 radical (unpaired) electrons. The summed E-state index contributed by atoms with van der Waals surface area (Å²) in [6.07, 6.45) is 0.793. The van der Waals surface area contributed by atoms with Crippen LogP contribution in [0, 0.1) is 5.92 Å². The third kappa shape index (κ3) is 2.65. The zero-order chi connectivity index (χ0) is 16.7. The van der Waals surface area contributed by atoms with Gasteiger partial charge < -0.3 is 14.7 Å². The van der Waals surface area contributed by atoms with Gasteiger partial charge in [0.2, 0.25) is 5.91 Å². The lowest BCUT2D eigenvalue weighted by atomic mass is 10.0. The average molecular weight is 325 g/mol. The molecule has 0 spiro atoms. The smallest absolute Gasteiger partial charge is 0.328 e. The molecule has 124 valence electrons. The maximum atomic E-state index is 12.7. The molecule has 4 rings (SSSR count). The Labute approximate surface area is 139 Å². The van der Waals surface area contributed by atoms with Gasteiger partial charge in [0.15, 0.2) is 6.04 Å². The second kappa shape index (κ2) is 5.91. The highest BCUT2D eigenvalue weighted by Crippen LogP contribution is 2.49. The van der Waals surface area contributed by atoms with E-state index < -0.39 is 12.0 Å². The molecule has 1 aliphatic carbocycles. The Hall–Kier alpha value is -2.40. The molecule has 2 aromatic rings. The SMILES string of the molecule is O=C(O)C1COCCN1C(=O)C1CC1c1ccc2ccccc2c1. The topological polar surface area (TPSA) is 66.8 Å². The molecule has 1 N–H and O–H groups in total. The van der Waals surface area contributed by atoms with Gasteiger partial charge in [0, 0.05) is 12.5 Å². The first kappa shape index (κ1) is 15.1. The number of amides is 1. The van der Waals surface area contributed by atoms with Gasteiger partial charge in [0.1, 0.15) is 0 Å². The molecule has 2 aromatic carbocycles. The van der Waals surface area contributed by atoms with E-state index in [-0.39, 0.29) is 24.3 Å². The maximum Gasteiger partial charge on any atom is 0.328 e. The average Bonchev–Trinajstić information content (AvgIpc) is 3.41. The van der Waals surface area contributed by atoms with Crippen LogP contribution in [-0.2, 0) is 14.3 Å². The van der Waals surface area contributed by atoms with Crippen LogP contribution in [0.1, 0.15) is 17.9 Å². The summed E-state index contributed by atoms with van der Waals surface area (Å²) in [6.45, 7) is 0.841. The van der Waals surface area contributed by atoms with Crippen LogP contribution in [0.4, 0.5) is 0 Å². The van der Waals surface area contributed by atoms with E-state index in [0.29, 0.717) is 13.2 Å². The Morgan fingerprint density at radius 1 is 1.12 bits per heavy atom. The molecular weight excluding hydrogens is 306 g/mol. The van der Waals surface area contributed by atoms with Crippen LogP contribution in [0.5, 0.6) is 0 Å². The predicted octanol–water partition coefficient (Wildman–Crippen LogP) is 2.26. The summed E-state index contributed by atoms with van der Waals surface area (Å²) in [5, 5.41) is 11.6. The third-order valence-corrected chi connectivity index (χ3v) is 5.01. The van der Waals surface area contributed by atoms with Crippen molar-refractivity contribution in [1.29, 1.82) is 0 Å². The van der Waals surface area contributed by atoms with E-state index in [9.17, 15) is 14.7 Å².